The number of carbonyl (C=O) groups excluding carboxylic acids is 1. The maximum atomic E-state index is 13.3. The number of halogens is 1. The van der Waals surface area contributed by atoms with Crippen LogP contribution in [0.5, 0.6) is 0 Å². The van der Waals surface area contributed by atoms with Crippen molar-refractivity contribution in [1.82, 2.24) is 15.0 Å². The van der Waals surface area contributed by atoms with Crippen molar-refractivity contribution < 1.29 is 9.32 Å². The Morgan fingerprint density at radius 1 is 1.14 bits per heavy atom. The maximum absolute atomic E-state index is 13.3. The fourth-order valence-corrected chi connectivity index (χ4v) is 4.01. The Bertz CT molecular complexity index is 978. The zero-order chi connectivity index (χ0) is 20.2. The van der Waals surface area contributed by atoms with Crippen LogP contribution in [0.2, 0.25) is 5.02 Å². The Kier molecular flexibility index (Phi) is 5.95. The minimum atomic E-state index is -0.0242. The molecule has 0 bridgehead atoms. The van der Waals surface area contributed by atoms with E-state index in [1.807, 2.05) is 36.1 Å². The minimum Gasteiger partial charge on any atom is -0.337 e. The van der Waals surface area contributed by atoms with Gasteiger partial charge in [0.1, 0.15) is 6.54 Å². The van der Waals surface area contributed by atoms with Gasteiger partial charge in [-0.15, -0.1) is 0 Å². The summed E-state index contributed by atoms with van der Waals surface area (Å²) in [6.45, 7) is 2.34. The van der Waals surface area contributed by atoms with Crippen LogP contribution in [-0.4, -0.2) is 27.0 Å². The van der Waals surface area contributed by atoms with Gasteiger partial charge in [-0.05, 0) is 50.1 Å². The molecular formula is C23H24ClN3O2. The summed E-state index contributed by atoms with van der Waals surface area (Å²) >= 11 is 5.99. The van der Waals surface area contributed by atoms with Gasteiger partial charge in [-0.3, -0.25) is 4.79 Å². The normalized spacial score (nSPS) is 14.7. The monoisotopic (exact) mass is 409 g/mol. The summed E-state index contributed by atoms with van der Waals surface area (Å²) in [4.78, 5) is 19.7. The van der Waals surface area contributed by atoms with Gasteiger partial charge >= 0.3 is 0 Å². The molecule has 0 unspecified atom stereocenters. The summed E-state index contributed by atoms with van der Waals surface area (Å²) in [6, 6.07) is 15.2. The summed E-state index contributed by atoms with van der Waals surface area (Å²) in [5.74, 6) is 0.976. The third-order valence-electron chi connectivity index (χ3n) is 5.42. The average molecular weight is 410 g/mol. The molecule has 29 heavy (non-hydrogen) atoms. The van der Waals surface area contributed by atoms with Crippen molar-refractivity contribution in [3.8, 4) is 11.4 Å². The van der Waals surface area contributed by atoms with E-state index in [1.54, 1.807) is 24.3 Å². The molecule has 0 N–H and O–H groups in total. The van der Waals surface area contributed by atoms with Crippen LogP contribution in [-0.2, 0) is 6.54 Å². The molecule has 2 aromatic carbocycles. The first-order chi connectivity index (χ1) is 14.1. The van der Waals surface area contributed by atoms with Gasteiger partial charge in [0.2, 0.25) is 11.7 Å². The fraction of sp³-hybridized carbons (Fsp3) is 0.348. The molecule has 3 aromatic rings. The van der Waals surface area contributed by atoms with Gasteiger partial charge < -0.3 is 9.42 Å². The lowest BCUT2D eigenvalue weighted by atomic mass is 9.93. The first-order valence-electron chi connectivity index (χ1n) is 10.1. The fourth-order valence-electron chi connectivity index (χ4n) is 3.88. The molecule has 4 rings (SSSR count). The summed E-state index contributed by atoms with van der Waals surface area (Å²) < 4.78 is 5.51. The van der Waals surface area contributed by atoms with Gasteiger partial charge in [0.05, 0.1) is 0 Å². The third kappa shape index (κ3) is 4.67. The van der Waals surface area contributed by atoms with E-state index in [4.69, 9.17) is 16.1 Å². The second-order valence-corrected chi connectivity index (χ2v) is 8.05. The molecule has 1 aliphatic carbocycles. The van der Waals surface area contributed by atoms with E-state index in [2.05, 4.69) is 10.1 Å². The Morgan fingerprint density at radius 2 is 1.90 bits per heavy atom. The Morgan fingerprint density at radius 3 is 2.62 bits per heavy atom. The number of hydrogen-bond acceptors (Lipinski definition) is 4. The summed E-state index contributed by atoms with van der Waals surface area (Å²) in [6.07, 6.45) is 5.48. The largest absolute Gasteiger partial charge is 0.337 e. The molecule has 1 aliphatic rings. The van der Waals surface area contributed by atoms with Crippen LogP contribution in [0.4, 0.5) is 0 Å². The Labute approximate surface area is 175 Å². The molecule has 6 heteroatoms. The van der Waals surface area contributed by atoms with E-state index in [0.29, 0.717) is 28.8 Å². The van der Waals surface area contributed by atoms with Crippen LogP contribution in [0.1, 0.15) is 53.9 Å². The number of amides is 1. The SMILES string of the molecule is Cc1cccc(-c2noc(CN(C(=O)c3ccc(Cl)cc3)C3CCCCC3)n2)c1. The van der Waals surface area contributed by atoms with Crippen LogP contribution in [0, 0.1) is 6.92 Å². The lowest BCUT2D eigenvalue weighted by Gasteiger charge is -2.33. The van der Waals surface area contributed by atoms with Crippen LogP contribution in [0.15, 0.2) is 53.1 Å². The van der Waals surface area contributed by atoms with E-state index in [1.165, 1.54) is 6.42 Å². The predicted molar refractivity (Wildman–Crippen MR) is 113 cm³/mol. The van der Waals surface area contributed by atoms with Crippen LogP contribution in [0.3, 0.4) is 0 Å². The lowest BCUT2D eigenvalue weighted by molar-refractivity contribution is 0.0586. The van der Waals surface area contributed by atoms with Crippen LogP contribution in [0.25, 0.3) is 11.4 Å². The number of benzene rings is 2. The maximum Gasteiger partial charge on any atom is 0.254 e. The van der Waals surface area contributed by atoms with Crippen LogP contribution < -0.4 is 0 Å². The van der Waals surface area contributed by atoms with Crippen molar-refractivity contribution in [3.63, 3.8) is 0 Å². The van der Waals surface area contributed by atoms with Crippen molar-refractivity contribution in [2.75, 3.05) is 0 Å². The molecular weight excluding hydrogens is 386 g/mol. The molecule has 1 fully saturated rings. The highest BCUT2D eigenvalue weighted by atomic mass is 35.5. The van der Waals surface area contributed by atoms with Gasteiger partial charge in [-0.2, -0.15) is 4.98 Å². The quantitative estimate of drug-likeness (QED) is 0.544. The Balaban J connectivity index is 1.58. The molecule has 150 valence electrons. The zero-order valence-corrected chi connectivity index (χ0v) is 17.2. The van der Waals surface area contributed by atoms with E-state index in [9.17, 15) is 4.79 Å². The van der Waals surface area contributed by atoms with E-state index < -0.39 is 0 Å². The first-order valence-corrected chi connectivity index (χ1v) is 10.4. The molecule has 0 spiro atoms. The smallest absolute Gasteiger partial charge is 0.254 e. The average Bonchev–Trinajstić information content (AvgIpc) is 3.21. The van der Waals surface area contributed by atoms with Gasteiger partial charge in [-0.25, -0.2) is 0 Å². The van der Waals surface area contributed by atoms with E-state index in [-0.39, 0.29) is 11.9 Å². The number of hydrogen-bond donors (Lipinski definition) is 0. The van der Waals surface area contributed by atoms with Gasteiger partial charge in [0.25, 0.3) is 5.91 Å². The standard InChI is InChI=1S/C23H24ClN3O2/c1-16-6-5-7-18(14-16)22-25-21(29-26-22)15-27(20-8-3-2-4-9-20)23(28)17-10-12-19(24)13-11-17/h5-7,10-14,20H,2-4,8-9,15H2,1H3. The highest BCUT2D eigenvalue weighted by molar-refractivity contribution is 6.30. The van der Waals surface area contributed by atoms with E-state index in [0.717, 1.165) is 36.8 Å². The molecule has 1 heterocycles. The van der Waals surface area contributed by atoms with Crippen molar-refractivity contribution in [2.45, 2.75) is 51.6 Å². The second kappa shape index (κ2) is 8.78. The number of aryl methyl sites for hydroxylation is 1. The topological polar surface area (TPSA) is 59.2 Å². The first kappa shape index (κ1) is 19.6. The van der Waals surface area contributed by atoms with Crippen LogP contribution >= 0.6 is 11.6 Å². The van der Waals surface area contributed by atoms with Crippen molar-refractivity contribution in [3.05, 3.63) is 70.6 Å². The Hall–Kier alpha value is -2.66. The van der Waals surface area contributed by atoms with Gasteiger partial charge in [-0.1, -0.05) is 59.8 Å². The summed E-state index contributed by atoms with van der Waals surface area (Å²) in [5.41, 5.74) is 2.67. The number of aromatic nitrogens is 2. The van der Waals surface area contributed by atoms with E-state index >= 15 is 0 Å². The molecule has 5 nitrogen and oxygen atoms in total. The van der Waals surface area contributed by atoms with Crippen molar-refractivity contribution in [1.29, 1.82) is 0 Å². The van der Waals surface area contributed by atoms with Crippen molar-refractivity contribution >= 4 is 17.5 Å². The zero-order valence-electron chi connectivity index (χ0n) is 16.5. The summed E-state index contributed by atoms with van der Waals surface area (Å²) in [5, 5.41) is 4.74. The molecule has 0 aliphatic heterocycles. The minimum absolute atomic E-state index is 0.0242. The number of nitrogens with zero attached hydrogens (tertiary/aromatic N) is 3. The molecule has 1 aromatic heterocycles. The summed E-state index contributed by atoms with van der Waals surface area (Å²) in [7, 11) is 0. The molecule has 0 saturated heterocycles. The highest BCUT2D eigenvalue weighted by Gasteiger charge is 2.28. The molecule has 0 radical (unpaired) electrons. The lowest BCUT2D eigenvalue weighted by Crippen LogP contribution is -2.41. The number of carbonyl (C=O) groups is 1. The molecule has 1 amide bonds. The molecule has 1 saturated carbocycles. The highest BCUT2D eigenvalue weighted by Crippen LogP contribution is 2.26. The number of rotatable bonds is 5. The third-order valence-corrected chi connectivity index (χ3v) is 5.67. The molecule has 0 atom stereocenters. The van der Waals surface area contributed by atoms with Crippen molar-refractivity contribution in [2.24, 2.45) is 0 Å². The second-order valence-electron chi connectivity index (χ2n) is 7.61. The van der Waals surface area contributed by atoms with Gasteiger partial charge in [0.15, 0.2) is 0 Å². The van der Waals surface area contributed by atoms with Gasteiger partial charge in [0, 0.05) is 22.2 Å². The predicted octanol–water partition coefficient (Wildman–Crippen LogP) is 5.67.